The van der Waals surface area contributed by atoms with Crippen LogP contribution in [0.3, 0.4) is 0 Å². The van der Waals surface area contributed by atoms with Crippen LogP contribution in [0.25, 0.3) is 0 Å². The van der Waals surface area contributed by atoms with Crippen molar-refractivity contribution in [2.45, 2.75) is 6.10 Å². The number of carboxylic acid groups (broad SMARTS) is 1. The lowest BCUT2D eigenvalue weighted by Crippen LogP contribution is -2.27. The van der Waals surface area contributed by atoms with E-state index < -0.39 is 12.1 Å². The fourth-order valence-electron chi connectivity index (χ4n) is 0.392. The van der Waals surface area contributed by atoms with E-state index in [9.17, 15) is 4.79 Å². The van der Waals surface area contributed by atoms with Crippen molar-refractivity contribution in [3.05, 3.63) is 0 Å². The van der Waals surface area contributed by atoms with E-state index in [4.69, 9.17) is 5.11 Å². The number of rotatable bonds is 4. The summed E-state index contributed by atoms with van der Waals surface area (Å²) in [6.45, 7) is 0.0891. The van der Waals surface area contributed by atoms with Crippen LogP contribution in [-0.2, 0) is 14.3 Å². The second-order valence-corrected chi connectivity index (χ2v) is 1.52. The van der Waals surface area contributed by atoms with Crippen LogP contribution in [0.4, 0.5) is 0 Å². The molecule has 4 nitrogen and oxygen atoms in total. The largest absolute Gasteiger partial charge is 0.479 e. The first kappa shape index (κ1) is 8.39. The molecule has 0 aliphatic rings. The Morgan fingerprint density at radius 2 is 2.22 bits per heavy atom. The molecule has 0 aromatic carbocycles. The minimum atomic E-state index is -1.00. The summed E-state index contributed by atoms with van der Waals surface area (Å²) in [4.78, 5) is 10.1. The van der Waals surface area contributed by atoms with Crippen LogP contribution in [-0.4, -0.2) is 38.0 Å². The topological polar surface area (TPSA) is 55.8 Å². The number of carbonyl (C=O) groups is 1. The van der Waals surface area contributed by atoms with Gasteiger partial charge in [0.15, 0.2) is 6.10 Å². The Bertz CT molecular complexity index is 91.0. The van der Waals surface area contributed by atoms with Crippen molar-refractivity contribution in [3.63, 3.8) is 0 Å². The molecule has 0 radical (unpaired) electrons. The molecule has 0 saturated heterocycles. The van der Waals surface area contributed by atoms with Crippen LogP contribution in [0.2, 0.25) is 0 Å². The average molecular weight is 134 g/mol. The van der Waals surface area contributed by atoms with E-state index in [1.54, 1.807) is 0 Å². The number of aliphatic carboxylic acids is 1. The molecule has 0 aromatic rings. The molecule has 54 valence electrons. The SMILES string of the molecule is COC[C@@H](OC)C(=O)O. The van der Waals surface area contributed by atoms with Crippen LogP contribution in [0.15, 0.2) is 0 Å². The van der Waals surface area contributed by atoms with Crippen molar-refractivity contribution in [1.82, 2.24) is 0 Å². The molecule has 0 amide bonds. The van der Waals surface area contributed by atoms with Gasteiger partial charge < -0.3 is 14.6 Å². The van der Waals surface area contributed by atoms with Gasteiger partial charge in [-0.15, -0.1) is 0 Å². The Labute approximate surface area is 53.4 Å². The molecule has 0 fully saturated rings. The smallest absolute Gasteiger partial charge is 0.335 e. The summed E-state index contributed by atoms with van der Waals surface area (Å²) >= 11 is 0. The molecule has 1 atom stereocenters. The van der Waals surface area contributed by atoms with Crippen molar-refractivity contribution in [3.8, 4) is 0 Å². The molecule has 0 unspecified atom stereocenters. The third-order valence-corrected chi connectivity index (χ3v) is 0.878. The van der Waals surface area contributed by atoms with Crippen LogP contribution >= 0.6 is 0 Å². The molecule has 4 heteroatoms. The normalized spacial score (nSPS) is 13.1. The van der Waals surface area contributed by atoms with Gasteiger partial charge >= 0.3 is 5.97 Å². The highest BCUT2D eigenvalue weighted by Gasteiger charge is 2.14. The van der Waals surface area contributed by atoms with E-state index in [0.29, 0.717) is 0 Å². The van der Waals surface area contributed by atoms with Gasteiger partial charge in [0, 0.05) is 14.2 Å². The quantitative estimate of drug-likeness (QED) is 0.575. The minimum absolute atomic E-state index is 0.0891. The number of carboxylic acids is 1. The lowest BCUT2D eigenvalue weighted by molar-refractivity contribution is -0.151. The molecule has 0 spiro atoms. The van der Waals surface area contributed by atoms with Gasteiger partial charge in [-0.2, -0.15) is 0 Å². The molecule has 1 N–H and O–H groups in total. The summed E-state index contributed by atoms with van der Waals surface area (Å²) in [5, 5.41) is 8.30. The van der Waals surface area contributed by atoms with E-state index in [1.807, 2.05) is 0 Å². The first-order chi connectivity index (χ1) is 4.22. The maximum absolute atomic E-state index is 10.1. The maximum Gasteiger partial charge on any atom is 0.335 e. The Kier molecular flexibility index (Phi) is 4.00. The summed E-state index contributed by atoms with van der Waals surface area (Å²) in [7, 11) is 2.76. The first-order valence-corrected chi connectivity index (χ1v) is 2.47. The van der Waals surface area contributed by atoms with Crippen LogP contribution < -0.4 is 0 Å². The Hall–Kier alpha value is -0.610. The average Bonchev–Trinajstić information content (AvgIpc) is 1.82. The van der Waals surface area contributed by atoms with Gasteiger partial charge in [-0.3, -0.25) is 0 Å². The number of methoxy groups -OCH3 is 2. The molecule has 0 aliphatic carbocycles. The highest BCUT2D eigenvalue weighted by Crippen LogP contribution is 1.88. The standard InChI is InChI=1S/C5H10O4/c1-8-3-4(9-2)5(6)7/h4H,3H2,1-2H3,(H,6,7)/t4-/m1/s1. The Morgan fingerprint density at radius 1 is 1.67 bits per heavy atom. The van der Waals surface area contributed by atoms with E-state index in [0.717, 1.165) is 0 Å². The molecule has 0 heterocycles. The van der Waals surface area contributed by atoms with Crippen LogP contribution in [0, 0.1) is 0 Å². The summed E-state index contributed by atoms with van der Waals surface area (Å²) in [5.74, 6) is -1.00. The van der Waals surface area contributed by atoms with Crippen LogP contribution in [0.1, 0.15) is 0 Å². The minimum Gasteiger partial charge on any atom is -0.479 e. The molecule has 9 heavy (non-hydrogen) atoms. The molecule has 0 aliphatic heterocycles. The van der Waals surface area contributed by atoms with E-state index in [2.05, 4.69) is 9.47 Å². The van der Waals surface area contributed by atoms with Crippen molar-refractivity contribution >= 4 is 5.97 Å². The fourth-order valence-corrected chi connectivity index (χ4v) is 0.392. The summed E-state index contributed by atoms with van der Waals surface area (Å²) < 4.78 is 9.08. The number of hydrogen-bond acceptors (Lipinski definition) is 3. The zero-order valence-corrected chi connectivity index (χ0v) is 5.46. The molecular formula is C5H10O4. The van der Waals surface area contributed by atoms with Crippen molar-refractivity contribution < 1.29 is 19.4 Å². The molecule has 0 aromatic heterocycles. The van der Waals surface area contributed by atoms with Crippen LogP contribution in [0.5, 0.6) is 0 Å². The molecular weight excluding hydrogens is 124 g/mol. The highest BCUT2D eigenvalue weighted by molar-refractivity contribution is 5.72. The van der Waals surface area contributed by atoms with Crippen molar-refractivity contribution in [1.29, 1.82) is 0 Å². The zero-order chi connectivity index (χ0) is 7.28. The lowest BCUT2D eigenvalue weighted by atomic mass is 10.4. The highest BCUT2D eigenvalue weighted by atomic mass is 16.5. The third-order valence-electron chi connectivity index (χ3n) is 0.878. The molecule has 0 bridgehead atoms. The monoisotopic (exact) mass is 134 g/mol. The van der Waals surface area contributed by atoms with Gasteiger partial charge in [0.05, 0.1) is 6.61 Å². The second kappa shape index (κ2) is 4.29. The summed E-state index contributed by atoms with van der Waals surface area (Å²) in [6.07, 6.45) is -0.838. The third kappa shape index (κ3) is 3.05. The second-order valence-electron chi connectivity index (χ2n) is 1.52. The van der Waals surface area contributed by atoms with Gasteiger partial charge in [0.25, 0.3) is 0 Å². The van der Waals surface area contributed by atoms with Gasteiger partial charge in [-0.05, 0) is 0 Å². The summed E-state index contributed by atoms with van der Waals surface area (Å²) in [6, 6.07) is 0. The van der Waals surface area contributed by atoms with Gasteiger partial charge in [0.2, 0.25) is 0 Å². The van der Waals surface area contributed by atoms with E-state index in [1.165, 1.54) is 14.2 Å². The van der Waals surface area contributed by atoms with E-state index >= 15 is 0 Å². The number of ether oxygens (including phenoxy) is 2. The maximum atomic E-state index is 10.1. The van der Waals surface area contributed by atoms with Gasteiger partial charge in [-0.1, -0.05) is 0 Å². The van der Waals surface area contributed by atoms with Crippen molar-refractivity contribution in [2.75, 3.05) is 20.8 Å². The predicted octanol–water partition coefficient (Wildman–Crippen LogP) is -0.268. The molecule has 0 rings (SSSR count). The van der Waals surface area contributed by atoms with Gasteiger partial charge in [0.1, 0.15) is 0 Å². The summed E-state index contributed by atoms with van der Waals surface area (Å²) in [5.41, 5.74) is 0. The zero-order valence-electron chi connectivity index (χ0n) is 5.46. The fraction of sp³-hybridized carbons (Fsp3) is 0.800. The van der Waals surface area contributed by atoms with Gasteiger partial charge in [-0.25, -0.2) is 4.79 Å². The van der Waals surface area contributed by atoms with E-state index in [-0.39, 0.29) is 6.61 Å². The van der Waals surface area contributed by atoms with Crippen molar-refractivity contribution in [2.24, 2.45) is 0 Å². The first-order valence-electron chi connectivity index (χ1n) is 2.47. The predicted molar refractivity (Wildman–Crippen MR) is 30.3 cm³/mol. The lowest BCUT2D eigenvalue weighted by Gasteiger charge is -2.06. The number of hydrogen-bond donors (Lipinski definition) is 1. The molecule has 0 saturated carbocycles. The Morgan fingerprint density at radius 3 is 2.33 bits per heavy atom. The Balaban J connectivity index is 3.54.